The van der Waals surface area contributed by atoms with Gasteiger partial charge in [0.2, 0.25) is 6.79 Å². The highest BCUT2D eigenvalue weighted by molar-refractivity contribution is 5.89. The van der Waals surface area contributed by atoms with Crippen LogP contribution in [0.2, 0.25) is 0 Å². The number of nitrogens with one attached hydrogen (secondary N) is 2. The first-order chi connectivity index (χ1) is 15.8. The number of hydrogen-bond donors (Lipinski definition) is 2. The smallest absolute Gasteiger partial charge is 0.319 e. The number of anilines is 1. The summed E-state index contributed by atoms with van der Waals surface area (Å²) in [6.45, 7) is 0.913. The Labute approximate surface area is 182 Å². The minimum Gasteiger partial charge on any atom is -0.454 e. The van der Waals surface area contributed by atoms with Gasteiger partial charge in [0, 0.05) is 11.3 Å². The second-order valence-electron chi connectivity index (χ2n) is 7.75. The molecule has 3 aliphatic heterocycles. The molecule has 0 radical (unpaired) electrons. The third-order valence-electron chi connectivity index (χ3n) is 5.81. The number of carbonyl (C=O) groups is 1. The number of aromatic nitrogens is 4. The van der Waals surface area contributed by atoms with Gasteiger partial charge in [-0.25, -0.2) is 9.48 Å². The van der Waals surface area contributed by atoms with Crippen molar-refractivity contribution >= 4 is 11.7 Å². The number of amides is 2. The number of rotatable bonds is 4. The second kappa shape index (κ2) is 7.77. The summed E-state index contributed by atoms with van der Waals surface area (Å²) in [7, 11) is 0. The summed E-state index contributed by atoms with van der Waals surface area (Å²) in [5.74, 6) is 1.93. The summed E-state index contributed by atoms with van der Waals surface area (Å²) in [5, 5.41) is 18.0. The van der Waals surface area contributed by atoms with Crippen LogP contribution >= 0.6 is 0 Å². The molecule has 164 valence electrons. The molecule has 0 saturated carbocycles. The maximum Gasteiger partial charge on any atom is 0.319 e. The Morgan fingerprint density at radius 1 is 1.00 bits per heavy atom. The first-order valence-corrected chi connectivity index (χ1v) is 10.3. The third-order valence-corrected chi connectivity index (χ3v) is 5.81. The number of fused-ring (bicyclic) bond motifs is 2. The normalized spacial score (nSPS) is 25.5. The molecule has 3 aromatic rings. The van der Waals surface area contributed by atoms with E-state index in [2.05, 4.69) is 26.2 Å². The Bertz CT molecular complexity index is 1140. The van der Waals surface area contributed by atoms with E-state index < -0.39 is 0 Å². The van der Waals surface area contributed by atoms with Crippen molar-refractivity contribution < 1.29 is 23.7 Å². The number of ether oxygens (including phenoxy) is 4. The van der Waals surface area contributed by atoms with E-state index in [4.69, 9.17) is 18.9 Å². The molecular weight excluding hydrogens is 416 g/mol. The van der Waals surface area contributed by atoms with Crippen LogP contribution in [0.3, 0.4) is 0 Å². The van der Waals surface area contributed by atoms with Gasteiger partial charge < -0.3 is 29.6 Å². The van der Waals surface area contributed by atoms with Gasteiger partial charge >= 0.3 is 6.03 Å². The molecule has 2 amide bonds. The van der Waals surface area contributed by atoms with Crippen molar-refractivity contribution in [3.05, 3.63) is 48.5 Å². The first kappa shape index (κ1) is 19.0. The summed E-state index contributed by atoms with van der Waals surface area (Å²) in [6.07, 6.45) is -0.580. The number of hydrogen-bond acceptors (Lipinski definition) is 8. The highest BCUT2D eigenvalue weighted by Crippen LogP contribution is 2.38. The molecule has 3 aliphatic rings. The standard InChI is InChI=1S/C21H20N6O5/c28-21(22-13-4-2-1-3-5-13)23-14-9-29-19-15(10-30-18(14)19)27-20(24-25-26-27)12-6-7-16-17(8-12)32-11-31-16/h1-8,14-15,18-19H,9-11H2,(H2,22,23,28)/t14-,15+,18-,19+/m1/s1. The van der Waals surface area contributed by atoms with Crippen molar-refractivity contribution in [1.82, 2.24) is 25.5 Å². The van der Waals surface area contributed by atoms with E-state index in [1.54, 1.807) is 4.68 Å². The van der Waals surface area contributed by atoms with Crippen molar-refractivity contribution in [2.45, 2.75) is 24.3 Å². The topological polar surface area (TPSA) is 122 Å². The third kappa shape index (κ3) is 3.31. The van der Waals surface area contributed by atoms with Crippen molar-refractivity contribution in [2.75, 3.05) is 25.3 Å². The van der Waals surface area contributed by atoms with Crippen molar-refractivity contribution in [2.24, 2.45) is 0 Å². The maximum atomic E-state index is 12.4. The molecule has 11 heteroatoms. The largest absolute Gasteiger partial charge is 0.454 e. The second-order valence-corrected chi connectivity index (χ2v) is 7.75. The van der Waals surface area contributed by atoms with E-state index in [0.29, 0.717) is 36.2 Å². The van der Waals surface area contributed by atoms with Crippen LogP contribution in [0.25, 0.3) is 11.4 Å². The molecule has 2 N–H and O–H groups in total. The Balaban J connectivity index is 1.17. The number of urea groups is 1. The Morgan fingerprint density at radius 2 is 1.84 bits per heavy atom. The summed E-state index contributed by atoms with van der Waals surface area (Å²) >= 11 is 0. The molecule has 6 rings (SSSR count). The van der Waals surface area contributed by atoms with Gasteiger partial charge in [-0.15, -0.1) is 5.10 Å². The quantitative estimate of drug-likeness (QED) is 0.633. The fraction of sp³-hybridized carbons (Fsp3) is 0.333. The molecule has 2 aromatic carbocycles. The molecule has 0 bridgehead atoms. The zero-order valence-electron chi connectivity index (χ0n) is 16.9. The van der Waals surface area contributed by atoms with Crippen LogP contribution in [0.1, 0.15) is 6.04 Å². The first-order valence-electron chi connectivity index (χ1n) is 10.3. The molecule has 0 unspecified atom stereocenters. The van der Waals surface area contributed by atoms with Gasteiger partial charge in [0.05, 0.1) is 19.3 Å². The number of tetrazole rings is 1. The molecule has 0 aliphatic carbocycles. The molecule has 4 heterocycles. The van der Waals surface area contributed by atoms with E-state index in [0.717, 1.165) is 5.56 Å². The molecule has 32 heavy (non-hydrogen) atoms. The zero-order chi connectivity index (χ0) is 21.5. The van der Waals surface area contributed by atoms with Gasteiger partial charge in [-0.1, -0.05) is 18.2 Å². The molecular formula is C21H20N6O5. The molecule has 11 nitrogen and oxygen atoms in total. The lowest BCUT2D eigenvalue weighted by Gasteiger charge is -2.18. The van der Waals surface area contributed by atoms with Crippen LogP contribution in [0, 0.1) is 0 Å². The summed E-state index contributed by atoms with van der Waals surface area (Å²) in [5.41, 5.74) is 1.52. The number of carbonyl (C=O) groups excluding carboxylic acids is 1. The predicted octanol–water partition coefficient (Wildman–Crippen LogP) is 1.60. The Hall–Kier alpha value is -3.70. The highest BCUT2D eigenvalue weighted by Gasteiger charge is 2.50. The fourth-order valence-electron chi connectivity index (χ4n) is 4.31. The van der Waals surface area contributed by atoms with Gasteiger partial charge in [-0.2, -0.15) is 0 Å². The van der Waals surface area contributed by atoms with Crippen molar-refractivity contribution in [1.29, 1.82) is 0 Å². The molecule has 4 atom stereocenters. The minimum absolute atomic E-state index is 0.198. The number of nitrogens with zero attached hydrogens (tertiary/aromatic N) is 4. The highest BCUT2D eigenvalue weighted by atomic mass is 16.7. The lowest BCUT2D eigenvalue weighted by atomic mass is 10.1. The lowest BCUT2D eigenvalue weighted by Crippen LogP contribution is -2.45. The van der Waals surface area contributed by atoms with Crippen LogP contribution in [-0.4, -0.2) is 64.5 Å². The SMILES string of the molecule is O=C(Nc1ccccc1)N[C@@H]1CO[C@@H]2[C@@H]1OC[C@@H]2n1nnnc1-c1ccc2c(c1)OCO2. The van der Waals surface area contributed by atoms with Crippen LogP contribution in [0.5, 0.6) is 11.5 Å². The van der Waals surface area contributed by atoms with E-state index in [1.165, 1.54) is 0 Å². The lowest BCUT2D eigenvalue weighted by molar-refractivity contribution is 0.0624. The average molecular weight is 436 g/mol. The van der Waals surface area contributed by atoms with Gasteiger partial charge in [-0.3, -0.25) is 0 Å². The van der Waals surface area contributed by atoms with Crippen LogP contribution in [-0.2, 0) is 9.47 Å². The van der Waals surface area contributed by atoms with E-state index in [9.17, 15) is 4.79 Å². The van der Waals surface area contributed by atoms with Crippen LogP contribution < -0.4 is 20.1 Å². The number of para-hydroxylation sites is 1. The molecule has 2 saturated heterocycles. The fourth-order valence-corrected chi connectivity index (χ4v) is 4.31. The van der Waals surface area contributed by atoms with Crippen molar-refractivity contribution in [3.8, 4) is 22.9 Å². The summed E-state index contributed by atoms with van der Waals surface area (Å²) in [6, 6.07) is 14.0. The minimum atomic E-state index is -0.305. The Morgan fingerprint density at radius 3 is 2.75 bits per heavy atom. The van der Waals surface area contributed by atoms with E-state index >= 15 is 0 Å². The summed E-state index contributed by atoms with van der Waals surface area (Å²) < 4.78 is 24.6. The monoisotopic (exact) mass is 436 g/mol. The maximum absolute atomic E-state index is 12.4. The van der Waals surface area contributed by atoms with Gasteiger partial charge in [0.25, 0.3) is 0 Å². The molecule has 2 fully saturated rings. The average Bonchev–Trinajstić information content (AvgIpc) is 3.59. The van der Waals surface area contributed by atoms with Gasteiger partial charge in [0.1, 0.15) is 18.2 Å². The van der Waals surface area contributed by atoms with E-state index in [-0.39, 0.29) is 37.1 Å². The number of benzene rings is 2. The molecule has 0 spiro atoms. The van der Waals surface area contributed by atoms with Gasteiger partial charge in [0.15, 0.2) is 17.3 Å². The molecule has 1 aromatic heterocycles. The van der Waals surface area contributed by atoms with Crippen LogP contribution in [0.4, 0.5) is 10.5 Å². The van der Waals surface area contributed by atoms with E-state index in [1.807, 2.05) is 48.5 Å². The van der Waals surface area contributed by atoms with Crippen LogP contribution in [0.15, 0.2) is 48.5 Å². The van der Waals surface area contributed by atoms with Crippen molar-refractivity contribution in [3.63, 3.8) is 0 Å². The Kier molecular flexibility index (Phi) is 4.62. The predicted molar refractivity (Wildman–Crippen MR) is 110 cm³/mol. The summed E-state index contributed by atoms with van der Waals surface area (Å²) in [4.78, 5) is 12.4. The van der Waals surface area contributed by atoms with Gasteiger partial charge in [-0.05, 0) is 40.8 Å². The zero-order valence-corrected chi connectivity index (χ0v) is 16.9.